The van der Waals surface area contributed by atoms with Crippen LogP contribution in [0.2, 0.25) is 0 Å². The van der Waals surface area contributed by atoms with Crippen LogP contribution < -0.4 is 40.7 Å². The minimum atomic E-state index is -0.643. The van der Waals surface area contributed by atoms with E-state index in [0.29, 0.717) is 25.7 Å². The number of ether oxygens (including phenoxy) is 4. The fourth-order valence-corrected chi connectivity index (χ4v) is 7.95. The maximum atomic E-state index is 14.2. The molecule has 0 radical (unpaired) electrons. The number of rotatable bonds is 20. The van der Waals surface area contributed by atoms with Gasteiger partial charge in [0, 0.05) is 74.2 Å². The summed E-state index contributed by atoms with van der Waals surface area (Å²) in [5, 5.41) is -0.434. The Labute approximate surface area is 357 Å². The van der Waals surface area contributed by atoms with Crippen molar-refractivity contribution < 1.29 is 38.1 Å². The smallest absolute Gasteiger partial charge is 0.311 e. The van der Waals surface area contributed by atoms with Crippen molar-refractivity contribution in [2.24, 2.45) is 0 Å². The molecule has 12 nitrogen and oxygen atoms in total. The van der Waals surface area contributed by atoms with Crippen LogP contribution in [0, 0.1) is 0 Å². The third kappa shape index (κ3) is 9.75. The van der Waals surface area contributed by atoms with E-state index in [2.05, 4.69) is 0 Å². The van der Waals surface area contributed by atoms with Crippen molar-refractivity contribution in [3.63, 3.8) is 0 Å². The second kappa shape index (κ2) is 20.5. The van der Waals surface area contributed by atoms with Crippen LogP contribution in [-0.2, 0) is 19.2 Å². The van der Waals surface area contributed by atoms with Crippen molar-refractivity contribution in [3.8, 4) is 23.0 Å². The summed E-state index contributed by atoms with van der Waals surface area (Å²) in [6.07, 6.45) is 8.48. The second-order valence-corrected chi connectivity index (χ2v) is 15.8. The lowest BCUT2D eigenvalue weighted by Gasteiger charge is -2.21. The molecule has 0 saturated heterocycles. The van der Waals surface area contributed by atoms with Gasteiger partial charge in [0.15, 0.2) is 21.7 Å². The van der Waals surface area contributed by atoms with Crippen molar-refractivity contribution in [3.05, 3.63) is 89.4 Å². The van der Waals surface area contributed by atoms with Crippen LogP contribution in [0.3, 0.4) is 0 Å². The Morgan fingerprint density at radius 1 is 0.339 bits per heavy atom. The summed E-state index contributed by atoms with van der Waals surface area (Å²) in [6, 6.07) is 9.81. The molecule has 0 saturated carbocycles. The van der Waals surface area contributed by atoms with Crippen LogP contribution in [-0.4, -0.2) is 23.9 Å². The molecule has 0 N–H and O–H groups in total. The SMILES string of the molecule is CCCCCC(=O)Oc1cc2c(=O)ccc(=O)c2c2c1cc(OC(=O)CCCCC)c1c(OC(=O)CCCCC)cc3c(OC(=O)CCCCC)cc4c(=O)ccc(=O)c4c3c12. The number of fused-ring (bicyclic) bond motifs is 9. The molecule has 0 spiro atoms. The molecule has 0 heterocycles. The molecule has 0 fully saturated rings. The normalized spacial score (nSPS) is 11.5. The lowest BCUT2D eigenvalue weighted by atomic mass is 9.88. The van der Waals surface area contributed by atoms with E-state index in [0.717, 1.165) is 75.6 Å². The zero-order chi connectivity index (χ0) is 44.5. The fraction of sp³-hybridized carbons (Fsp3) is 0.400. The number of unbranched alkanes of at least 4 members (excludes halogenated alkanes) is 8. The van der Waals surface area contributed by atoms with E-state index < -0.39 is 45.6 Å². The molecule has 6 aromatic rings. The molecule has 0 aliphatic heterocycles. The van der Waals surface area contributed by atoms with E-state index in [1.54, 1.807) is 0 Å². The first kappa shape index (κ1) is 45.2. The van der Waals surface area contributed by atoms with Crippen LogP contribution >= 0.6 is 0 Å². The highest BCUT2D eigenvalue weighted by Gasteiger charge is 2.28. The molecule has 0 aromatic heterocycles. The Bertz CT molecular complexity index is 2730. The molecule has 324 valence electrons. The topological polar surface area (TPSA) is 173 Å². The van der Waals surface area contributed by atoms with Gasteiger partial charge in [-0.15, -0.1) is 0 Å². The summed E-state index contributed by atoms with van der Waals surface area (Å²) in [5.41, 5.74) is -2.38. The number of carbonyl (C=O) groups excluding carboxylic acids is 4. The number of hydrogen-bond donors (Lipinski definition) is 0. The van der Waals surface area contributed by atoms with Crippen LogP contribution in [0.1, 0.15) is 130 Å². The quantitative estimate of drug-likeness (QED) is 0.0309. The predicted molar refractivity (Wildman–Crippen MR) is 241 cm³/mol. The molecule has 0 aliphatic rings. The summed E-state index contributed by atoms with van der Waals surface area (Å²) < 4.78 is 24.3. The van der Waals surface area contributed by atoms with E-state index in [4.69, 9.17) is 18.9 Å². The minimum absolute atomic E-state index is 0.000327. The molecule has 6 rings (SSSR count). The van der Waals surface area contributed by atoms with Gasteiger partial charge in [-0.1, -0.05) is 79.1 Å². The van der Waals surface area contributed by atoms with Gasteiger partial charge in [-0.3, -0.25) is 38.4 Å². The monoisotopic (exact) mass is 844 g/mol. The lowest BCUT2D eigenvalue weighted by Crippen LogP contribution is -2.15. The molecular weight excluding hydrogens is 793 g/mol. The highest BCUT2D eigenvalue weighted by molar-refractivity contribution is 6.36. The third-order valence-corrected chi connectivity index (χ3v) is 11.1. The zero-order valence-electron chi connectivity index (χ0n) is 35.8. The van der Waals surface area contributed by atoms with E-state index >= 15 is 0 Å². The van der Waals surface area contributed by atoms with Crippen LogP contribution in [0.5, 0.6) is 23.0 Å². The second-order valence-electron chi connectivity index (χ2n) is 15.8. The summed E-state index contributed by atoms with van der Waals surface area (Å²) in [4.78, 5) is 110. The highest BCUT2D eigenvalue weighted by Crippen LogP contribution is 2.50. The molecule has 0 unspecified atom stereocenters. The number of hydrogen-bond acceptors (Lipinski definition) is 12. The van der Waals surface area contributed by atoms with E-state index in [9.17, 15) is 38.4 Å². The average Bonchev–Trinajstić information content (AvgIpc) is 3.23. The largest absolute Gasteiger partial charge is 0.426 e. The van der Waals surface area contributed by atoms with Crippen molar-refractivity contribution in [2.45, 2.75) is 130 Å². The summed E-state index contributed by atoms with van der Waals surface area (Å²) in [6.45, 7) is 7.95. The molecule has 12 heteroatoms. The molecule has 6 aromatic carbocycles. The summed E-state index contributed by atoms with van der Waals surface area (Å²) >= 11 is 0. The Kier molecular flexibility index (Phi) is 15.0. The Hall–Kier alpha value is -6.30. The molecule has 0 aliphatic carbocycles. The summed E-state index contributed by atoms with van der Waals surface area (Å²) in [5.74, 6) is -3.13. The van der Waals surface area contributed by atoms with Crippen LogP contribution in [0.4, 0.5) is 0 Å². The molecular formula is C50H52O12. The Morgan fingerprint density at radius 2 is 0.629 bits per heavy atom. The van der Waals surface area contributed by atoms with Gasteiger partial charge >= 0.3 is 23.9 Å². The number of carbonyl (C=O) groups is 4. The van der Waals surface area contributed by atoms with E-state index in [1.165, 1.54) is 24.3 Å². The van der Waals surface area contributed by atoms with Gasteiger partial charge in [-0.05, 0) is 74.2 Å². The zero-order valence-corrected chi connectivity index (χ0v) is 35.8. The van der Waals surface area contributed by atoms with Crippen LogP contribution in [0.15, 0.2) is 67.7 Å². The summed E-state index contributed by atoms with van der Waals surface area (Å²) in [7, 11) is 0. The maximum Gasteiger partial charge on any atom is 0.311 e. The predicted octanol–water partition coefficient (Wildman–Crippen LogP) is 9.71. The van der Waals surface area contributed by atoms with Crippen LogP contribution in [0.25, 0.3) is 53.9 Å². The minimum Gasteiger partial charge on any atom is -0.426 e. The first-order valence-corrected chi connectivity index (χ1v) is 21.9. The van der Waals surface area contributed by atoms with Gasteiger partial charge in [0.2, 0.25) is 0 Å². The number of esters is 4. The number of benzene rings is 6. The Balaban J connectivity index is 1.88. The van der Waals surface area contributed by atoms with E-state index in [-0.39, 0.29) is 103 Å². The van der Waals surface area contributed by atoms with Gasteiger partial charge in [0.25, 0.3) is 0 Å². The molecule has 62 heavy (non-hydrogen) atoms. The maximum absolute atomic E-state index is 14.2. The lowest BCUT2D eigenvalue weighted by molar-refractivity contribution is -0.135. The van der Waals surface area contributed by atoms with Gasteiger partial charge in [0.1, 0.15) is 23.0 Å². The van der Waals surface area contributed by atoms with Crippen molar-refractivity contribution >= 4 is 77.7 Å². The van der Waals surface area contributed by atoms with Gasteiger partial charge < -0.3 is 18.9 Å². The first-order valence-electron chi connectivity index (χ1n) is 21.9. The van der Waals surface area contributed by atoms with Gasteiger partial charge in [-0.2, -0.15) is 0 Å². The fourth-order valence-electron chi connectivity index (χ4n) is 7.95. The Morgan fingerprint density at radius 3 is 0.952 bits per heavy atom. The van der Waals surface area contributed by atoms with Crippen molar-refractivity contribution in [1.82, 2.24) is 0 Å². The highest BCUT2D eigenvalue weighted by atomic mass is 16.6. The van der Waals surface area contributed by atoms with E-state index in [1.807, 2.05) is 27.7 Å². The van der Waals surface area contributed by atoms with Crippen molar-refractivity contribution in [1.29, 1.82) is 0 Å². The average molecular weight is 845 g/mol. The molecule has 0 bridgehead atoms. The van der Waals surface area contributed by atoms with Gasteiger partial charge in [-0.25, -0.2) is 0 Å². The standard InChI is InChI=1S/C50H52O12/c1-5-9-13-17-41(55)59-37-25-29-33(51)21-23-35(53)45(29)47-31(37)27-39(61-43(57)19-15-11-7-3)49-40(62-44(58)20-16-12-8-4)28-32-38(60-42(56)18-14-10-6-2)26-30-34(52)22-24-36(54)46(30)48(32)50(47)49/h21-28H,5-20H2,1-4H3. The molecule has 0 atom stereocenters. The van der Waals surface area contributed by atoms with Crippen molar-refractivity contribution in [2.75, 3.05) is 0 Å². The van der Waals surface area contributed by atoms with Gasteiger partial charge in [0.05, 0.1) is 5.39 Å². The first-order chi connectivity index (χ1) is 29.9. The third-order valence-electron chi connectivity index (χ3n) is 11.1. The molecule has 0 amide bonds.